The van der Waals surface area contributed by atoms with Crippen LogP contribution >= 0.6 is 0 Å². The Morgan fingerprint density at radius 2 is 2.00 bits per heavy atom. The minimum Gasteiger partial charge on any atom is -0.472 e. The number of nitro groups is 1. The van der Waals surface area contributed by atoms with Gasteiger partial charge in [-0.3, -0.25) is 14.9 Å². The number of ether oxygens (including phenoxy) is 1. The Kier molecular flexibility index (Phi) is 5.11. The van der Waals surface area contributed by atoms with Gasteiger partial charge in [0.25, 0.3) is 11.6 Å². The molecular weight excluding hydrogens is 336 g/mol. The summed E-state index contributed by atoms with van der Waals surface area (Å²) in [7, 11) is 0. The molecule has 1 unspecified atom stereocenters. The largest absolute Gasteiger partial charge is 0.472 e. The summed E-state index contributed by atoms with van der Waals surface area (Å²) in [5.74, 6) is 1.02. The molecule has 8 nitrogen and oxygen atoms in total. The van der Waals surface area contributed by atoms with Gasteiger partial charge in [0, 0.05) is 36.0 Å². The summed E-state index contributed by atoms with van der Waals surface area (Å²) in [6, 6.07) is 7.45. The van der Waals surface area contributed by atoms with Crippen molar-refractivity contribution in [3.8, 4) is 5.88 Å². The van der Waals surface area contributed by atoms with Gasteiger partial charge in [-0.1, -0.05) is 0 Å². The smallest absolute Gasteiger partial charge is 0.269 e. The fourth-order valence-electron chi connectivity index (χ4n) is 3.04. The van der Waals surface area contributed by atoms with Gasteiger partial charge in [0.2, 0.25) is 5.88 Å². The van der Waals surface area contributed by atoms with Crippen LogP contribution in [0.25, 0.3) is 0 Å². The molecule has 1 aromatic carbocycles. The Bertz CT molecular complexity index is 802. The molecule has 3 rings (SSSR count). The maximum atomic E-state index is 12.7. The summed E-state index contributed by atoms with van der Waals surface area (Å²) in [5.41, 5.74) is 1.24. The molecule has 0 spiro atoms. The first kappa shape index (κ1) is 17.8. The van der Waals surface area contributed by atoms with E-state index in [1.807, 2.05) is 13.8 Å². The topological polar surface area (TPSA) is 98.5 Å². The number of piperidine rings is 1. The molecule has 136 valence electrons. The SMILES string of the molecule is Cc1cc(OC2CCCN(C(=O)c3ccc([N+](=O)[O-])cc3)C2)nc(C)n1. The van der Waals surface area contributed by atoms with E-state index in [1.165, 1.54) is 24.3 Å². The minimum atomic E-state index is -0.481. The average molecular weight is 356 g/mol. The lowest BCUT2D eigenvalue weighted by atomic mass is 10.1. The number of hydrogen-bond donors (Lipinski definition) is 0. The van der Waals surface area contributed by atoms with E-state index in [1.54, 1.807) is 11.0 Å². The number of non-ortho nitro benzene ring substituents is 1. The zero-order chi connectivity index (χ0) is 18.7. The zero-order valence-electron chi connectivity index (χ0n) is 14.7. The van der Waals surface area contributed by atoms with Gasteiger partial charge in [0.1, 0.15) is 11.9 Å². The molecule has 1 aliphatic rings. The van der Waals surface area contributed by atoms with Crippen LogP contribution in [0.1, 0.15) is 34.7 Å². The normalized spacial score (nSPS) is 17.0. The second kappa shape index (κ2) is 7.47. The van der Waals surface area contributed by atoms with Gasteiger partial charge in [-0.15, -0.1) is 0 Å². The van der Waals surface area contributed by atoms with Crippen molar-refractivity contribution in [3.05, 3.63) is 57.5 Å². The number of rotatable bonds is 4. The number of carbonyl (C=O) groups is 1. The maximum Gasteiger partial charge on any atom is 0.269 e. The van der Waals surface area contributed by atoms with E-state index in [4.69, 9.17) is 4.74 Å². The third kappa shape index (κ3) is 4.14. The number of benzene rings is 1. The van der Waals surface area contributed by atoms with Gasteiger partial charge in [-0.2, -0.15) is 4.98 Å². The number of hydrogen-bond acceptors (Lipinski definition) is 6. The molecule has 0 N–H and O–H groups in total. The van der Waals surface area contributed by atoms with Crippen LogP contribution in [0, 0.1) is 24.0 Å². The maximum absolute atomic E-state index is 12.7. The van der Waals surface area contributed by atoms with Crippen molar-refractivity contribution in [2.24, 2.45) is 0 Å². The van der Waals surface area contributed by atoms with Gasteiger partial charge in [0.05, 0.1) is 11.5 Å². The fourth-order valence-corrected chi connectivity index (χ4v) is 3.04. The summed E-state index contributed by atoms with van der Waals surface area (Å²) in [5, 5.41) is 10.7. The lowest BCUT2D eigenvalue weighted by Gasteiger charge is -2.32. The second-order valence-electron chi connectivity index (χ2n) is 6.33. The van der Waals surface area contributed by atoms with Crippen molar-refractivity contribution in [2.45, 2.75) is 32.8 Å². The molecule has 0 bridgehead atoms. The molecular formula is C18H20N4O4. The average Bonchev–Trinajstić information content (AvgIpc) is 2.60. The molecule has 0 aliphatic carbocycles. The van der Waals surface area contributed by atoms with Crippen LogP contribution in [0.15, 0.2) is 30.3 Å². The molecule has 2 heterocycles. The van der Waals surface area contributed by atoms with E-state index in [0.29, 0.717) is 30.4 Å². The molecule has 2 aromatic rings. The number of carbonyl (C=O) groups excluding carboxylic acids is 1. The van der Waals surface area contributed by atoms with Crippen molar-refractivity contribution in [3.63, 3.8) is 0 Å². The number of aromatic nitrogens is 2. The van der Waals surface area contributed by atoms with Crippen LogP contribution in [0.2, 0.25) is 0 Å². The molecule has 1 atom stereocenters. The van der Waals surface area contributed by atoms with Crippen LogP contribution < -0.4 is 4.74 Å². The molecule has 1 saturated heterocycles. The highest BCUT2D eigenvalue weighted by atomic mass is 16.6. The molecule has 0 saturated carbocycles. The van der Waals surface area contributed by atoms with Crippen molar-refractivity contribution in [1.29, 1.82) is 0 Å². The van der Waals surface area contributed by atoms with Crippen LogP contribution in [0.5, 0.6) is 5.88 Å². The highest BCUT2D eigenvalue weighted by Crippen LogP contribution is 2.20. The molecule has 26 heavy (non-hydrogen) atoms. The summed E-state index contributed by atoms with van der Waals surface area (Å²) in [4.78, 5) is 33.1. The standard InChI is InChI=1S/C18H20N4O4/c1-12-10-17(20-13(2)19-12)26-16-4-3-9-21(11-16)18(23)14-5-7-15(8-6-14)22(24)25/h5-8,10,16H,3-4,9,11H2,1-2H3. The number of likely N-dealkylation sites (tertiary alicyclic amines) is 1. The molecule has 1 fully saturated rings. The Morgan fingerprint density at radius 1 is 1.27 bits per heavy atom. The van der Waals surface area contributed by atoms with Crippen molar-refractivity contribution >= 4 is 11.6 Å². The van der Waals surface area contributed by atoms with Gasteiger partial charge >= 0.3 is 0 Å². The second-order valence-corrected chi connectivity index (χ2v) is 6.33. The van der Waals surface area contributed by atoms with E-state index in [9.17, 15) is 14.9 Å². The lowest BCUT2D eigenvalue weighted by molar-refractivity contribution is -0.384. The van der Waals surface area contributed by atoms with Crippen LogP contribution in [-0.4, -0.2) is 44.9 Å². The third-order valence-corrected chi connectivity index (χ3v) is 4.22. The summed E-state index contributed by atoms with van der Waals surface area (Å²) >= 11 is 0. The highest BCUT2D eigenvalue weighted by Gasteiger charge is 2.26. The predicted octanol–water partition coefficient (Wildman–Crippen LogP) is 2.69. The van der Waals surface area contributed by atoms with E-state index >= 15 is 0 Å². The number of nitro benzene ring substituents is 1. The third-order valence-electron chi connectivity index (χ3n) is 4.22. The Morgan fingerprint density at radius 3 is 2.65 bits per heavy atom. The van der Waals surface area contributed by atoms with Crippen molar-refractivity contribution < 1.29 is 14.5 Å². The number of amides is 1. The molecule has 1 aromatic heterocycles. The Balaban J connectivity index is 1.67. The first-order valence-corrected chi connectivity index (χ1v) is 8.45. The van der Waals surface area contributed by atoms with Gasteiger partial charge < -0.3 is 9.64 Å². The van der Waals surface area contributed by atoms with E-state index in [-0.39, 0.29) is 17.7 Å². The number of nitrogens with zero attached hydrogens (tertiary/aromatic N) is 4. The van der Waals surface area contributed by atoms with Crippen molar-refractivity contribution in [1.82, 2.24) is 14.9 Å². The van der Waals surface area contributed by atoms with Gasteiger partial charge in [-0.05, 0) is 38.8 Å². The Hall–Kier alpha value is -3.03. The zero-order valence-corrected chi connectivity index (χ0v) is 14.7. The van der Waals surface area contributed by atoms with E-state index in [2.05, 4.69) is 9.97 Å². The molecule has 1 aliphatic heterocycles. The molecule has 8 heteroatoms. The Labute approximate surface area is 151 Å². The quantitative estimate of drug-likeness (QED) is 0.617. The first-order valence-electron chi connectivity index (χ1n) is 8.45. The van der Waals surface area contributed by atoms with E-state index in [0.717, 1.165) is 18.5 Å². The summed E-state index contributed by atoms with van der Waals surface area (Å²) < 4.78 is 5.95. The summed E-state index contributed by atoms with van der Waals surface area (Å²) in [6.45, 7) is 4.79. The fraction of sp³-hybridized carbons (Fsp3) is 0.389. The molecule has 0 radical (unpaired) electrons. The molecule has 1 amide bonds. The monoisotopic (exact) mass is 356 g/mol. The highest BCUT2D eigenvalue weighted by molar-refractivity contribution is 5.94. The van der Waals surface area contributed by atoms with Crippen LogP contribution in [-0.2, 0) is 0 Å². The first-order chi connectivity index (χ1) is 12.4. The van der Waals surface area contributed by atoms with Crippen LogP contribution in [0.4, 0.5) is 5.69 Å². The van der Waals surface area contributed by atoms with E-state index < -0.39 is 4.92 Å². The number of aryl methyl sites for hydroxylation is 2. The lowest BCUT2D eigenvalue weighted by Crippen LogP contribution is -2.44. The van der Waals surface area contributed by atoms with Crippen LogP contribution in [0.3, 0.4) is 0 Å². The van der Waals surface area contributed by atoms with Gasteiger partial charge in [0.15, 0.2) is 0 Å². The summed E-state index contributed by atoms with van der Waals surface area (Å²) in [6.07, 6.45) is 1.53. The van der Waals surface area contributed by atoms with Gasteiger partial charge in [-0.25, -0.2) is 4.98 Å². The predicted molar refractivity (Wildman–Crippen MR) is 94.2 cm³/mol. The van der Waals surface area contributed by atoms with Crippen molar-refractivity contribution in [2.75, 3.05) is 13.1 Å². The minimum absolute atomic E-state index is 0.0316.